The minimum absolute atomic E-state index is 0.146. The second-order valence-corrected chi connectivity index (χ2v) is 6.35. The minimum atomic E-state index is 0.146. The average molecular weight is 286 g/mol. The first kappa shape index (κ1) is 14.4. The monoisotopic (exact) mass is 286 g/mol. The van der Waals surface area contributed by atoms with E-state index in [1.54, 1.807) is 0 Å². The zero-order valence-electron chi connectivity index (χ0n) is 13.0. The molecule has 0 aromatic heterocycles. The number of likely N-dealkylation sites (tertiary alicyclic amines) is 1. The molecule has 21 heavy (non-hydrogen) atoms. The molecule has 1 aromatic rings. The van der Waals surface area contributed by atoms with E-state index in [0.717, 1.165) is 38.6 Å². The van der Waals surface area contributed by atoms with Gasteiger partial charge in [-0.3, -0.25) is 9.89 Å². The summed E-state index contributed by atoms with van der Waals surface area (Å²) in [6.45, 7) is 7.38. The van der Waals surface area contributed by atoms with E-state index in [4.69, 9.17) is 5.73 Å². The summed E-state index contributed by atoms with van der Waals surface area (Å²) in [5, 5.41) is 0. The molecule has 1 fully saturated rings. The van der Waals surface area contributed by atoms with E-state index in [0.29, 0.717) is 0 Å². The number of guanidine groups is 1. The van der Waals surface area contributed by atoms with E-state index in [1.165, 1.54) is 24.9 Å². The van der Waals surface area contributed by atoms with Crippen LogP contribution in [0.4, 0.5) is 0 Å². The molecule has 3 rings (SSSR count). The smallest absolute Gasteiger partial charge is 0.191 e. The Hall–Kier alpha value is -1.55. The Labute approximate surface area is 127 Å². The van der Waals surface area contributed by atoms with Crippen molar-refractivity contribution in [2.24, 2.45) is 10.7 Å². The van der Waals surface area contributed by atoms with E-state index in [-0.39, 0.29) is 5.54 Å². The van der Waals surface area contributed by atoms with Crippen LogP contribution < -0.4 is 5.73 Å². The molecule has 0 radical (unpaired) electrons. The molecule has 1 unspecified atom stereocenters. The maximum atomic E-state index is 6.13. The Morgan fingerprint density at radius 2 is 2.10 bits per heavy atom. The van der Waals surface area contributed by atoms with Crippen LogP contribution in [0.2, 0.25) is 0 Å². The first-order valence-corrected chi connectivity index (χ1v) is 8.07. The van der Waals surface area contributed by atoms with Gasteiger partial charge < -0.3 is 10.6 Å². The third-order valence-electron chi connectivity index (χ3n) is 4.72. The van der Waals surface area contributed by atoms with Crippen molar-refractivity contribution in [3.63, 3.8) is 0 Å². The van der Waals surface area contributed by atoms with Crippen molar-refractivity contribution in [1.82, 2.24) is 9.80 Å². The normalized spacial score (nSPS) is 26.3. The van der Waals surface area contributed by atoms with Crippen molar-refractivity contribution in [2.45, 2.75) is 38.3 Å². The predicted molar refractivity (Wildman–Crippen MR) is 87.2 cm³/mol. The molecule has 1 spiro atoms. The van der Waals surface area contributed by atoms with Crippen LogP contribution in [0.25, 0.3) is 0 Å². The molecule has 2 N–H and O–H groups in total. The largest absolute Gasteiger partial charge is 0.370 e. The van der Waals surface area contributed by atoms with Crippen LogP contribution in [0, 0.1) is 0 Å². The number of hydrogen-bond donors (Lipinski definition) is 1. The lowest BCUT2D eigenvalue weighted by Gasteiger charge is -2.46. The van der Waals surface area contributed by atoms with E-state index < -0.39 is 0 Å². The van der Waals surface area contributed by atoms with Gasteiger partial charge in [0, 0.05) is 19.6 Å². The quantitative estimate of drug-likeness (QED) is 0.921. The first-order chi connectivity index (χ1) is 10.2. The van der Waals surface area contributed by atoms with Crippen LogP contribution in [0.1, 0.15) is 31.7 Å². The predicted octanol–water partition coefficient (Wildman–Crippen LogP) is 2.06. The van der Waals surface area contributed by atoms with Crippen LogP contribution in [-0.2, 0) is 6.54 Å². The summed E-state index contributed by atoms with van der Waals surface area (Å²) in [4.78, 5) is 9.48. The molecule has 0 aliphatic carbocycles. The second-order valence-electron chi connectivity index (χ2n) is 6.35. The first-order valence-electron chi connectivity index (χ1n) is 8.07. The minimum Gasteiger partial charge on any atom is -0.370 e. The number of nitrogens with two attached hydrogens (primary N) is 1. The van der Waals surface area contributed by atoms with E-state index >= 15 is 0 Å². The van der Waals surface area contributed by atoms with Gasteiger partial charge in [0.25, 0.3) is 0 Å². The maximum Gasteiger partial charge on any atom is 0.191 e. The Morgan fingerprint density at radius 1 is 1.29 bits per heavy atom. The Morgan fingerprint density at radius 3 is 2.86 bits per heavy atom. The zero-order chi connectivity index (χ0) is 14.7. The highest BCUT2D eigenvalue weighted by Gasteiger charge is 2.44. The number of aliphatic imine (C=N–C) groups is 1. The number of nitrogens with zero attached hydrogens (tertiary/aromatic N) is 3. The lowest BCUT2D eigenvalue weighted by molar-refractivity contribution is 0.0682. The van der Waals surface area contributed by atoms with Gasteiger partial charge in [-0.2, -0.15) is 0 Å². The van der Waals surface area contributed by atoms with E-state index in [9.17, 15) is 0 Å². The van der Waals surface area contributed by atoms with Gasteiger partial charge in [-0.05, 0) is 31.4 Å². The molecule has 1 atom stereocenters. The van der Waals surface area contributed by atoms with Gasteiger partial charge >= 0.3 is 0 Å². The van der Waals surface area contributed by atoms with Crippen LogP contribution in [0.5, 0.6) is 0 Å². The van der Waals surface area contributed by atoms with Crippen molar-refractivity contribution in [3.8, 4) is 0 Å². The van der Waals surface area contributed by atoms with Gasteiger partial charge in [0.1, 0.15) is 0 Å². The zero-order valence-corrected chi connectivity index (χ0v) is 13.0. The average Bonchev–Trinajstić information content (AvgIpc) is 2.78. The van der Waals surface area contributed by atoms with E-state index in [2.05, 4.69) is 52.0 Å². The van der Waals surface area contributed by atoms with Gasteiger partial charge in [-0.1, -0.05) is 37.3 Å². The summed E-state index contributed by atoms with van der Waals surface area (Å²) in [5.41, 5.74) is 7.66. The second kappa shape index (κ2) is 6.06. The third-order valence-corrected chi connectivity index (χ3v) is 4.72. The Kier molecular flexibility index (Phi) is 4.15. The summed E-state index contributed by atoms with van der Waals surface area (Å²) < 4.78 is 0. The van der Waals surface area contributed by atoms with Crippen molar-refractivity contribution in [3.05, 3.63) is 35.9 Å². The van der Waals surface area contributed by atoms with Crippen molar-refractivity contribution in [1.29, 1.82) is 0 Å². The highest BCUT2D eigenvalue weighted by atomic mass is 15.4. The third kappa shape index (κ3) is 2.91. The van der Waals surface area contributed by atoms with Crippen molar-refractivity contribution >= 4 is 5.96 Å². The molecule has 1 aromatic carbocycles. The fourth-order valence-electron chi connectivity index (χ4n) is 3.75. The lowest BCUT2D eigenvalue weighted by Crippen LogP contribution is -2.60. The summed E-state index contributed by atoms with van der Waals surface area (Å²) in [6, 6.07) is 10.7. The highest BCUT2D eigenvalue weighted by molar-refractivity contribution is 5.81. The number of benzene rings is 1. The maximum absolute atomic E-state index is 6.13. The Bertz CT molecular complexity index is 499. The molecule has 2 aliphatic heterocycles. The lowest BCUT2D eigenvalue weighted by atomic mass is 9.87. The molecule has 2 heterocycles. The SMILES string of the molecule is CCCN1C(N)=NCC12CCCN(Cc1ccccc1)C2. The number of rotatable bonds is 4. The van der Waals surface area contributed by atoms with Crippen LogP contribution in [0.15, 0.2) is 35.3 Å². The van der Waals surface area contributed by atoms with Crippen LogP contribution >= 0.6 is 0 Å². The molecular weight excluding hydrogens is 260 g/mol. The number of hydrogen-bond acceptors (Lipinski definition) is 4. The molecule has 0 saturated carbocycles. The van der Waals surface area contributed by atoms with Gasteiger partial charge in [0.15, 0.2) is 5.96 Å². The highest BCUT2D eigenvalue weighted by Crippen LogP contribution is 2.32. The fraction of sp³-hybridized carbons (Fsp3) is 0.588. The van der Waals surface area contributed by atoms with Gasteiger partial charge in [0.05, 0.1) is 12.1 Å². The fourth-order valence-corrected chi connectivity index (χ4v) is 3.75. The summed E-state index contributed by atoms with van der Waals surface area (Å²) in [5.74, 6) is 0.749. The van der Waals surface area contributed by atoms with Gasteiger partial charge in [0.2, 0.25) is 0 Å². The Balaban J connectivity index is 1.70. The summed E-state index contributed by atoms with van der Waals surface area (Å²) in [6.07, 6.45) is 3.56. The standard InChI is InChI=1S/C17H26N4/c1-2-10-21-16(18)19-13-17(21)9-6-11-20(14-17)12-15-7-4-3-5-8-15/h3-5,7-8H,2,6,9-14H2,1H3,(H2,18,19). The summed E-state index contributed by atoms with van der Waals surface area (Å²) in [7, 11) is 0. The molecule has 4 heteroatoms. The van der Waals surface area contributed by atoms with Crippen molar-refractivity contribution in [2.75, 3.05) is 26.2 Å². The molecular formula is C17H26N4. The van der Waals surface area contributed by atoms with E-state index in [1.807, 2.05) is 0 Å². The molecule has 2 aliphatic rings. The van der Waals surface area contributed by atoms with Gasteiger partial charge in [-0.25, -0.2) is 0 Å². The van der Waals surface area contributed by atoms with Crippen LogP contribution in [-0.4, -0.2) is 47.5 Å². The van der Waals surface area contributed by atoms with Crippen LogP contribution in [0.3, 0.4) is 0 Å². The number of piperidine rings is 1. The van der Waals surface area contributed by atoms with Crippen molar-refractivity contribution < 1.29 is 0 Å². The molecule has 0 amide bonds. The molecule has 1 saturated heterocycles. The topological polar surface area (TPSA) is 44.9 Å². The molecule has 114 valence electrons. The summed E-state index contributed by atoms with van der Waals surface area (Å²) >= 11 is 0. The molecule has 0 bridgehead atoms. The van der Waals surface area contributed by atoms with Gasteiger partial charge in [-0.15, -0.1) is 0 Å². The molecule has 4 nitrogen and oxygen atoms in total.